The van der Waals surface area contributed by atoms with Gasteiger partial charge in [-0.2, -0.15) is 10.2 Å². The second-order valence-electron chi connectivity index (χ2n) is 20.3. The summed E-state index contributed by atoms with van der Waals surface area (Å²) < 4.78 is 109. The van der Waals surface area contributed by atoms with Gasteiger partial charge in [-0.15, -0.1) is 0 Å². The average molecular weight is 1220 g/mol. The van der Waals surface area contributed by atoms with E-state index in [1.807, 2.05) is 60.7 Å². The van der Waals surface area contributed by atoms with Gasteiger partial charge in [-0.3, -0.25) is 56.5 Å². The third kappa shape index (κ3) is 11.7. The Bertz CT molecular complexity index is 3890. The van der Waals surface area contributed by atoms with E-state index >= 15 is 8.96 Å². The van der Waals surface area contributed by atoms with Gasteiger partial charge in [0.2, 0.25) is 11.9 Å². The summed E-state index contributed by atoms with van der Waals surface area (Å²) in [6.07, 6.45) is -8.28. The van der Waals surface area contributed by atoms with Crippen LogP contribution in [0.25, 0.3) is 22.3 Å². The Morgan fingerprint density at radius 3 is 2.16 bits per heavy atom. The normalized spacial score (nSPS) is 22.8. The molecule has 10 atom stereocenters. The number of alkyl halides is 1. The van der Waals surface area contributed by atoms with Gasteiger partial charge in [0.05, 0.1) is 65.8 Å². The largest absolute Gasteiger partial charge is 0.497 e. The molecule has 448 valence electrons. The van der Waals surface area contributed by atoms with Crippen molar-refractivity contribution in [3.05, 3.63) is 161 Å². The highest BCUT2D eigenvalue weighted by Crippen LogP contribution is 2.59. The van der Waals surface area contributed by atoms with E-state index in [-0.39, 0.29) is 47.1 Å². The van der Waals surface area contributed by atoms with Crippen LogP contribution in [0.5, 0.6) is 11.5 Å². The molecule has 3 fully saturated rings. The number of halogens is 1. The van der Waals surface area contributed by atoms with Crippen molar-refractivity contribution in [2.75, 3.05) is 51.3 Å². The number of nitriles is 1. The first-order valence-corrected chi connectivity index (χ1v) is 29.5. The number of phosphoric acid groups is 1. The fourth-order valence-electron chi connectivity index (χ4n) is 10.4. The molecule has 4 aromatic carbocycles. The SMILES string of the molecule is COc1ccc(C(OC[C@@]23CO[C@@H]([C@H](n4cnc5c(NC(=O)c6ccccc6)ncnc54)O2)[C@@H]3OP(=O)(OCCC#N)OC[C@H]2O[C@@H](n3cnc4c(=O)[nH]c(NC(=O)C(C)C)nc43)[C@H](O[PH](=O)O)[C@@H]2F)(c2ccccc2)c2ccc(OC)cc2)cc1. The van der Waals surface area contributed by atoms with Crippen molar-refractivity contribution in [3.8, 4) is 17.6 Å². The van der Waals surface area contributed by atoms with Crippen molar-refractivity contribution < 1.29 is 74.5 Å². The number of aromatic nitrogens is 8. The molecule has 2 amide bonds. The molecule has 0 saturated carbocycles. The molecular weight excluding hydrogens is 1160 g/mol. The van der Waals surface area contributed by atoms with E-state index in [9.17, 15) is 29.1 Å². The standard InChI is InChI=1S/C56H56FN11O16P2/c1-32(2)49(69)65-54-64-48-42(51(71)66-54)62-31-68(48)52-43(83-85(72)73)40(57)39(81-52)26-80-86(74,79-25-11-24-58)84-45-44-53(67-30-61-41-46(59-29-60-47(41)67)63-50(70)33-12-7-5-8-13-33)82-55(45,27-77-44)28-78-56(34-14-9-6-10-15-34,35-16-20-37(75-3)21-17-35)36-18-22-38(76-4)23-19-36/h5-10,12-23,29-32,39-40,43-45,52-53,85H,11,25-28H2,1-4H3,(H,72,73)(H,59,60,63,70)(H2,64,65,66,69,71)/t39-,40-,43-,44-,45+,52-,53-,55-,86?/m1/s1. The first-order chi connectivity index (χ1) is 41.6. The highest BCUT2D eigenvalue weighted by Gasteiger charge is 2.66. The number of H-pyrrole nitrogens is 1. The number of imidazole rings is 2. The van der Waals surface area contributed by atoms with Crippen molar-refractivity contribution >= 4 is 62.0 Å². The van der Waals surface area contributed by atoms with E-state index in [4.69, 9.17) is 46.5 Å². The third-order valence-corrected chi connectivity index (χ3v) is 16.6. The number of nitrogens with zero attached hydrogens (tertiary/aromatic N) is 8. The van der Waals surface area contributed by atoms with Crippen LogP contribution >= 0.6 is 16.1 Å². The van der Waals surface area contributed by atoms with Crippen LogP contribution in [0.3, 0.4) is 0 Å². The van der Waals surface area contributed by atoms with E-state index in [1.54, 1.807) is 82.7 Å². The van der Waals surface area contributed by atoms with Gasteiger partial charge < -0.3 is 38.6 Å². The van der Waals surface area contributed by atoms with Gasteiger partial charge in [-0.1, -0.05) is 86.6 Å². The van der Waals surface area contributed by atoms with E-state index in [0.29, 0.717) is 33.8 Å². The van der Waals surface area contributed by atoms with Gasteiger partial charge >= 0.3 is 16.1 Å². The van der Waals surface area contributed by atoms with Crippen LogP contribution < -0.4 is 25.7 Å². The lowest BCUT2D eigenvalue weighted by molar-refractivity contribution is -0.202. The zero-order valence-electron chi connectivity index (χ0n) is 46.3. The molecule has 4 N–H and O–H groups in total. The smallest absolute Gasteiger partial charge is 0.475 e. The van der Waals surface area contributed by atoms with Gasteiger partial charge in [0.1, 0.15) is 53.4 Å². The van der Waals surface area contributed by atoms with Crippen molar-refractivity contribution in [3.63, 3.8) is 0 Å². The summed E-state index contributed by atoms with van der Waals surface area (Å²) in [7, 11) is -5.94. The maximum atomic E-state index is 16.9. The number of hydrogen-bond acceptors (Lipinski definition) is 21. The summed E-state index contributed by atoms with van der Waals surface area (Å²) in [4.78, 5) is 73.4. The number of hydrogen-bond donors (Lipinski definition) is 4. The number of ether oxygens (including phenoxy) is 6. The molecule has 3 aliphatic heterocycles. The summed E-state index contributed by atoms with van der Waals surface area (Å²) >= 11 is 0. The molecule has 86 heavy (non-hydrogen) atoms. The molecule has 2 bridgehead atoms. The number of fused-ring (bicyclic) bond motifs is 4. The summed E-state index contributed by atoms with van der Waals surface area (Å²) in [6, 6.07) is 34.3. The maximum Gasteiger partial charge on any atom is 0.475 e. The van der Waals surface area contributed by atoms with Gasteiger partial charge in [-0.05, 0) is 53.1 Å². The zero-order valence-corrected chi connectivity index (χ0v) is 48.1. The predicted octanol–water partition coefficient (Wildman–Crippen LogP) is 6.94. The van der Waals surface area contributed by atoms with Crippen LogP contribution in [0.1, 0.15) is 59.8 Å². The Kier molecular flexibility index (Phi) is 17.3. The molecule has 4 aromatic heterocycles. The summed E-state index contributed by atoms with van der Waals surface area (Å²) in [6.45, 7) is 1.06. The number of carbonyl (C=O) groups excluding carboxylic acids is 2. The summed E-state index contributed by atoms with van der Waals surface area (Å²) in [5.74, 6) is -0.564. The molecular formula is C56H56FN11O16P2. The number of nitrogens with one attached hydrogen (secondary N) is 3. The molecule has 8 aromatic rings. The van der Waals surface area contributed by atoms with Crippen LogP contribution in [0.2, 0.25) is 0 Å². The van der Waals surface area contributed by atoms with E-state index in [2.05, 4.69) is 40.5 Å². The molecule has 3 aliphatic rings. The van der Waals surface area contributed by atoms with E-state index < -0.39 is 113 Å². The van der Waals surface area contributed by atoms with Gasteiger partial charge in [0.25, 0.3) is 11.5 Å². The maximum absolute atomic E-state index is 16.9. The van der Waals surface area contributed by atoms with Crippen molar-refractivity contribution in [2.24, 2.45) is 5.92 Å². The topological polar surface area (TPSA) is 336 Å². The molecule has 27 nitrogen and oxygen atoms in total. The predicted molar refractivity (Wildman–Crippen MR) is 302 cm³/mol. The lowest BCUT2D eigenvalue weighted by Gasteiger charge is -2.40. The molecule has 3 saturated heterocycles. The average Bonchev–Trinajstić information content (AvgIpc) is 1.56. The number of anilines is 2. The first-order valence-electron chi connectivity index (χ1n) is 26.8. The minimum atomic E-state index is -5.12. The second-order valence-corrected chi connectivity index (χ2v) is 22.6. The number of methoxy groups -OCH3 is 2. The highest BCUT2D eigenvalue weighted by molar-refractivity contribution is 7.48. The van der Waals surface area contributed by atoms with E-state index in [1.165, 1.54) is 17.2 Å². The number of carbonyl (C=O) groups is 2. The van der Waals surface area contributed by atoms with Crippen LogP contribution in [-0.2, 0) is 56.6 Å². The quantitative estimate of drug-likeness (QED) is 0.0270. The minimum absolute atomic E-state index is 0.0700. The van der Waals surface area contributed by atoms with Crippen molar-refractivity contribution in [1.82, 2.24) is 39.0 Å². The number of aromatic amines is 1. The molecule has 0 radical (unpaired) electrons. The molecule has 0 aliphatic carbocycles. The van der Waals surface area contributed by atoms with Crippen molar-refractivity contribution in [1.29, 1.82) is 5.26 Å². The van der Waals surface area contributed by atoms with Crippen LogP contribution in [-0.4, -0.2) is 133 Å². The Hall–Kier alpha value is -8.16. The minimum Gasteiger partial charge on any atom is -0.497 e. The Morgan fingerprint density at radius 2 is 1.52 bits per heavy atom. The third-order valence-electron chi connectivity index (χ3n) is 14.7. The van der Waals surface area contributed by atoms with Gasteiger partial charge in [-0.25, -0.2) is 28.9 Å². The van der Waals surface area contributed by atoms with Crippen molar-refractivity contribution in [2.45, 2.75) is 74.5 Å². The lowest BCUT2D eigenvalue weighted by atomic mass is 9.79. The summed E-state index contributed by atoms with van der Waals surface area (Å²) in [5.41, 5.74) is -1.90. The lowest BCUT2D eigenvalue weighted by Crippen LogP contribution is -2.49. The Morgan fingerprint density at radius 1 is 0.884 bits per heavy atom. The monoisotopic (exact) mass is 1220 g/mol. The fraction of sp³-hybridized carbons (Fsp3) is 0.339. The van der Waals surface area contributed by atoms with Crippen LogP contribution in [0.4, 0.5) is 16.2 Å². The first kappa shape index (κ1) is 59.6. The zero-order chi connectivity index (χ0) is 60.3. The van der Waals surface area contributed by atoms with Crippen LogP contribution in [0.15, 0.2) is 133 Å². The molecule has 7 heterocycles. The second kappa shape index (κ2) is 25.0. The number of amides is 2. The molecule has 0 spiro atoms. The van der Waals surface area contributed by atoms with Gasteiger partial charge in [0, 0.05) is 11.5 Å². The molecule has 11 rings (SSSR count). The van der Waals surface area contributed by atoms with Crippen LogP contribution in [0, 0.1) is 17.2 Å². The molecule has 2 unspecified atom stereocenters. The highest BCUT2D eigenvalue weighted by atomic mass is 31.2. The summed E-state index contributed by atoms with van der Waals surface area (Å²) in [5, 5.41) is 14.9. The fourth-order valence-corrected chi connectivity index (χ4v) is 12.3. The number of rotatable bonds is 24. The Balaban J connectivity index is 0.966. The van der Waals surface area contributed by atoms with E-state index in [0.717, 1.165) is 10.9 Å². The molecule has 30 heteroatoms. The Labute approximate surface area is 489 Å². The number of phosphoric ester groups is 1. The number of benzene rings is 4. The van der Waals surface area contributed by atoms with Gasteiger partial charge in [0.15, 0.2) is 46.8 Å².